The second-order valence-electron chi connectivity index (χ2n) is 10.2. The van der Waals surface area contributed by atoms with Crippen LogP contribution in [-0.2, 0) is 16.0 Å². The number of benzene rings is 1. The Morgan fingerprint density at radius 2 is 1.51 bits per heavy atom. The van der Waals surface area contributed by atoms with E-state index in [1.54, 1.807) is 27.6 Å². The molecule has 2 fully saturated rings. The fraction of sp³-hybridized carbons (Fsp3) is 0.407. The Kier molecular flexibility index (Phi) is 12.3. The Balaban J connectivity index is 0.000000360. The van der Waals surface area contributed by atoms with Crippen LogP contribution in [-0.4, -0.2) is 105 Å². The van der Waals surface area contributed by atoms with E-state index < -0.39 is 30.1 Å². The average Bonchev–Trinajstić information content (AvgIpc) is 3.10. The summed E-state index contributed by atoms with van der Waals surface area (Å²) in [4.78, 5) is 50.0. The smallest absolute Gasteiger partial charge is 0.475 e. The van der Waals surface area contributed by atoms with E-state index in [-0.39, 0.29) is 27.2 Å². The summed E-state index contributed by atoms with van der Waals surface area (Å²) < 4.78 is 79.7. The van der Waals surface area contributed by atoms with E-state index in [9.17, 15) is 40.3 Å². The number of carbonyl (C=O) groups excluding carboxylic acids is 1. The lowest BCUT2D eigenvalue weighted by Crippen LogP contribution is -2.57. The lowest BCUT2D eigenvalue weighted by atomic mass is 10.0. The number of amides is 1. The van der Waals surface area contributed by atoms with Crippen molar-refractivity contribution in [1.82, 2.24) is 24.5 Å². The minimum absolute atomic E-state index is 0.0589. The highest BCUT2D eigenvalue weighted by Crippen LogP contribution is 2.27. The van der Waals surface area contributed by atoms with Crippen LogP contribution in [0.25, 0.3) is 5.52 Å². The molecule has 0 aliphatic carbocycles. The van der Waals surface area contributed by atoms with E-state index in [4.69, 9.17) is 43.0 Å². The lowest BCUT2D eigenvalue weighted by molar-refractivity contribution is -0.193. The molecule has 20 heteroatoms. The van der Waals surface area contributed by atoms with Gasteiger partial charge in [-0.15, -0.1) is 0 Å². The van der Waals surface area contributed by atoms with Crippen LogP contribution in [0.1, 0.15) is 28.0 Å². The monoisotopic (exact) mass is 719 g/mol. The number of nitrogens with zero attached hydrogens (tertiary/aromatic N) is 3. The zero-order valence-corrected chi connectivity index (χ0v) is 25.4. The molecule has 4 N–H and O–H groups in total. The highest BCUT2D eigenvalue weighted by atomic mass is 35.5. The van der Waals surface area contributed by atoms with Gasteiger partial charge in [-0.25, -0.2) is 14.0 Å². The van der Waals surface area contributed by atoms with Crippen molar-refractivity contribution in [3.05, 3.63) is 73.6 Å². The third-order valence-electron chi connectivity index (χ3n) is 7.01. The zero-order chi connectivity index (χ0) is 35.3. The first-order valence-corrected chi connectivity index (χ1v) is 14.3. The van der Waals surface area contributed by atoms with E-state index in [1.165, 1.54) is 12.1 Å². The van der Waals surface area contributed by atoms with Crippen molar-refractivity contribution in [2.45, 2.75) is 31.2 Å². The molecule has 2 saturated heterocycles. The van der Waals surface area contributed by atoms with E-state index in [0.29, 0.717) is 36.8 Å². The topological polar surface area (TPSA) is 147 Å². The van der Waals surface area contributed by atoms with Gasteiger partial charge in [0, 0.05) is 63.6 Å². The van der Waals surface area contributed by atoms with Gasteiger partial charge in [-0.1, -0.05) is 29.3 Å². The molecule has 258 valence electrons. The maximum Gasteiger partial charge on any atom is 0.490 e. The molecule has 0 saturated carbocycles. The highest BCUT2D eigenvalue weighted by Gasteiger charge is 2.39. The lowest BCUT2D eigenvalue weighted by Gasteiger charge is -2.37. The van der Waals surface area contributed by atoms with Crippen LogP contribution < -0.4 is 10.9 Å². The van der Waals surface area contributed by atoms with Gasteiger partial charge in [0.15, 0.2) is 0 Å². The van der Waals surface area contributed by atoms with Crippen molar-refractivity contribution in [3.63, 3.8) is 0 Å². The molecule has 1 aromatic carbocycles. The summed E-state index contributed by atoms with van der Waals surface area (Å²) in [5.74, 6) is -6.35. The van der Waals surface area contributed by atoms with E-state index in [2.05, 4.69) is 15.2 Å². The first-order chi connectivity index (χ1) is 21.8. The van der Waals surface area contributed by atoms with Crippen LogP contribution in [0.3, 0.4) is 0 Å². The van der Waals surface area contributed by atoms with Crippen LogP contribution in [0.5, 0.6) is 0 Å². The van der Waals surface area contributed by atoms with Gasteiger partial charge in [-0.05, 0) is 30.2 Å². The standard InChI is InChI=1S/C23H24Cl2FN5O2.2C2HF3O2/c24-18-10-20-22(32)28-13-15(31(20)21(18)25)8-14-2-3-19(26)17(9-14)23(33)30-5-1-4-29(6-7-30)16-11-27-12-16;2*3-2(4,5)1(6)7/h2-3,9-10,13,16,27H,1,4-8,11-12H2,(H,28,32);2*(H,6,7). The predicted octanol–water partition coefficient (Wildman–Crippen LogP) is 4.05. The summed E-state index contributed by atoms with van der Waals surface area (Å²) in [6.45, 7) is 4.90. The Morgan fingerprint density at radius 3 is 2.04 bits per heavy atom. The Bertz CT molecular complexity index is 1650. The molecule has 0 atom stereocenters. The van der Waals surface area contributed by atoms with Gasteiger partial charge in [-0.2, -0.15) is 26.3 Å². The van der Waals surface area contributed by atoms with Crippen LogP contribution in [0, 0.1) is 5.82 Å². The minimum Gasteiger partial charge on any atom is -0.475 e. The second kappa shape index (κ2) is 15.4. The van der Waals surface area contributed by atoms with Crippen molar-refractivity contribution in [2.75, 3.05) is 39.3 Å². The van der Waals surface area contributed by atoms with Gasteiger partial charge in [0.2, 0.25) is 0 Å². The molecule has 0 spiro atoms. The molecule has 11 nitrogen and oxygen atoms in total. The second-order valence-corrected chi connectivity index (χ2v) is 11.0. The predicted molar refractivity (Wildman–Crippen MR) is 153 cm³/mol. The molecule has 0 bridgehead atoms. The molecule has 0 unspecified atom stereocenters. The van der Waals surface area contributed by atoms with Crippen molar-refractivity contribution >= 4 is 46.6 Å². The maximum atomic E-state index is 14.7. The number of aliphatic carboxylic acids is 2. The van der Waals surface area contributed by atoms with Crippen molar-refractivity contribution in [1.29, 1.82) is 0 Å². The third-order valence-corrected chi connectivity index (χ3v) is 7.77. The molecule has 0 radical (unpaired) electrons. The largest absolute Gasteiger partial charge is 0.490 e. The molecule has 5 rings (SSSR count). The Morgan fingerprint density at radius 1 is 0.915 bits per heavy atom. The van der Waals surface area contributed by atoms with Crippen LogP contribution >= 0.6 is 23.2 Å². The van der Waals surface area contributed by atoms with Crippen LogP contribution in [0.15, 0.2) is 35.3 Å². The third kappa shape index (κ3) is 9.82. The van der Waals surface area contributed by atoms with Gasteiger partial charge in [0.1, 0.15) is 16.5 Å². The van der Waals surface area contributed by atoms with Crippen molar-refractivity contribution in [3.8, 4) is 0 Å². The number of halogens is 9. The van der Waals surface area contributed by atoms with Crippen molar-refractivity contribution < 1.29 is 55.3 Å². The molecule has 1 amide bonds. The number of nitrogens with one attached hydrogen (secondary N) is 2. The molecular weight excluding hydrogens is 694 g/mol. The number of carboxylic acids is 2. The summed E-state index contributed by atoms with van der Waals surface area (Å²) in [5.41, 5.74) is 1.48. The SMILES string of the molecule is O=C(O)C(F)(F)F.O=C(O)C(F)(F)F.O=C(c1cc(Cc2c[nH]c(=O)c3cc(Cl)c(Cl)n23)ccc1F)N1CCCN(C2CNC2)CC1. The first-order valence-electron chi connectivity index (χ1n) is 13.5. The number of fused-ring (bicyclic) bond motifs is 1. The van der Waals surface area contributed by atoms with Gasteiger partial charge in [-0.3, -0.25) is 18.9 Å². The number of alkyl halides is 6. The van der Waals surface area contributed by atoms with E-state index >= 15 is 0 Å². The first kappa shape index (κ1) is 37.6. The number of carboxylic acid groups (broad SMARTS) is 2. The number of H-pyrrole nitrogens is 1. The van der Waals surface area contributed by atoms with E-state index in [1.807, 2.05) is 0 Å². The normalized spacial score (nSPS) is 15.9. The molecule has 2 aliphatic heterocycles. The molecule has 3 aromatic rings. The van der Waals surface area contributed by atoms with Gasteiger partial charge < -0.3 is 25.4 Å². The molecule has 2 aliphatic rings. The number of carbonyl (C=O) groups is 3. The van der Waals surface area contributed by atoms with Gasteiger partial charge >= 0.3 is 24.3 Å². The number of hydrogen-bond donors (Lipinski definition) is 4. The van der Waals surface area contributed by atoms with Gasteiger partial charge in [0.25, 0.3) is 11.5 Å². The molecule has 4 heterocycles. The molecule has 47 heavy (non-hydrogen) atoms. The zero-order valence-electron chi connectivity index (χ0n) is 23.9. The molecular formula is C27H26Cl2F7N5O6. The van der Waals surface area contributed by atoms with Crippen LogP contribution in [0.4, 0.5) is 30.7 Å². The summed E-state index contributed by atoms with van der Waals surface area (Å²) in [5, 5.41) is 18.0. The maximum absolute atomic E-state index is 14.7. The summed E-state index contributed by atoms with van der Waals surface area (Å²) >= 11 is 12.4. The summed E-state index contributed by atoms with van der Waals surface area (Å²) in [6.07, 6.45) is -7.41. The number of aromatic nitrogens is 2. The van der Waals surface area contributed by atoms with Gasteiger partial charge in [0.05, 0.1) is 10.6 Å². The summed E-state index contributed by atoms with van der Waals surface area (Å²) in [6, 6.07) is 6.58. The number of aromatic amines is 1. The minimum atomic E-state index is -5.08. The Hall–Kier alpha value is -3.87. The number of hydrogen-bond acceptors (Lipinski definition) is 6. The summed E-state index contributed by atoms with van der Waals surface area (Å²) in [7, 11) is 0. The quantitative estimate of drug-likeness (QED) is 0.296. The number of rotatable bonds is 4. The Labute approximate surface area is 270 Å². The van der Waals surface area contributed by atoms with E-state index in [0.717, 1.165) is 38.2 Å². The molecule has 2 aromatic heterocycles. The highest BCUT2D eigenvalue weighted by molar-refractivity contribution is 6.42. The fourth-order valence-electron chi connectivity index (χ4n) is 4.59. The fourth-order valence-corrected chi connectivity index (χ4v) is 5.03. The van der Waals surface area contributed by atoms with Crippen molar-refractivity contribution in [2.24, 2.45) is 0 Å². The average molecular weight is 720 g/mol. The van der Waals surface area contributed by atoms with Crippen LogP contribution in [0.2, 0.25) is 10.2 Å².